The Kier molecular flexibility index (Phi) is 12.8. The third kappa shape index (κ3) is 12.7. The Labute approximate surface area is 125 Å². The highest BCUT2D eigenvalue weighted by atomic mass is 33.1. The summed E-state index contributed by atoms with van der Waals surface area (Å²) >= 11 is 1.32. The first-order valence-corrected chi connectivity index (χ1v) is 9.68. The van der Waals surface area contributed by atoms with Gasteiger partial charge in [-0.2, -0.15) is 0 Å². The molecule has 1 aliphatic rings. The Hall–Kier alpha value is -0.0600. The van der Waals surface area contributed by atoms with Crippen LogP contribution in [0.5, 0.6) is 0 Å². The van der Waals surface area contributed by atoms with Crippen LogP contribution in [0.3, 0.4) is 0 Å². The zero-order valence-electron chi connectivity index (χ0n) is 11.7. The molecule has 0 aliphatic carbocycles. The summed E-state index contributed by atoms with van der Waals surface area (Å²) in [6, 6.07) is 0. The topological polar surface area (TPSA) is 18.5 Å². The molecule has 1 aliphatic heterocycles. The van der Waals surface area contributed by atoms with Gasteiger partial charge in [-0.3, -0.25) is 0 Å². The van der Waals surface area contributed by atoms with Gasteiger partial charge >= 0.3 is 0 Å². The summed E-state index contributed by atoms with van der Waals surface area (Å²) in [5.41, 5.74) is 0. The molecule has 0 fully saturated rings. The van der Waals surface area contributed by atoms with Crippen LogP contribution in [0.15, 0.2) is 24.5 Å². The van der Waals surface area contributed by atoms with Gasteiger partial charge in [0.25, 0.3) is 0 Å². The SMILES string of the molecule is C1=C\CCCCCCCCCCCSSOO/C=C/1. The van der Waals surface area contributed by atoms with Crippen molar-refractivity contribution in [3.8, 4) is 0 Å². The molecule has 0 aromatic rings. The first-order chi connectivity index (χ1) is 9.50. The molecule has 4 heteroatoms. The van der Waals surface area contributed by atoms with Gasteiger partial charge in [0.1, 0.15) is 17.3 Å². The average Bonchev–Trinajstić information content (AvgIpc) is 2.43. The molecule has 1 heterocycles. The van der Waals surface area contributed by atoms with Crippen molar-refractivity contribution in [2.75, 3.05) is 5.75 Å². The van der Waals surface area contributed by atoms with Crippen LogP contribution in [-0.2, 0) is 9.22 Å². The molecule has 0 aromatic carbocycles. The fourth-order valence-electron chi connectivity index (χ4n) is 2.01. The van der Waals surface area contributed by atoms with Gasteiger partial charge in [-0.25, -0.2) is 0 Å². The summed E-state index contributed by atoms with van der Waals surface area (Å²) in [6.45, 7) is 0. The van der Waals surface area contributed by atoms with E-state index in [9.17, 15) is 0 Å². The minimum Gasteiger partial charge on any atom is -0.332 e. The zero-order chi connectivity index (χ0) is 13.4. The van der Waals surface area contributed by atoms with Crippen LogP contribution >= 0.6 is 21.9 Å². The van der Waals surface area contributed by atoms with Gasteiger partial charge in [-0.15, -0.1) is 4.33 Å². The molecule has 2 nitrogen and oxygen atoms in total. The monoisotopic (exact) mass is 302 g/mol. The standard InChI is InChI=1S/C15H26O2S2/c1-2-4-6-8-10-12-14-16-17-19-18-15-13-11-9-7-5-3-1/h8,10,12,14H,1-7,9,11,13,15H2/b10-8-,14-12+. The van der Waals surface area contributed by atoms with Crippen LogP contribution in [-0.4, -0.2) is 5.75 Å². The second-order valence-electron chi connectivity index (χ2n) is 4.78. The maximum atomic E-state index is 4.96. The fourth-order valence-corrected chi connectivity index (χ4v) is 3.28. The largest absolute Gasteiger partial charge is 0.332 e. The Morgan fingerprint density at radius 2 is 1.42 bits per heavy atom. The maximum absolute atomic E-state index is 4.96. The molecule has 0 N–H and O–H groups in total. The van der Waals surface area contributed by atoms with Crippen molar-refractivity contribution in [2.24, 2.45) is 0 Å². The Morgan fingerprint density at radius 1 is 0.737 bits per heavy atom. The second kappa shape index (κ2) is 14.4. The van der Waals surface area contributed by atoms with Crippen LogP contribution in [0.4, 0.5) is 0 Å². The van der Waals surface area contributed by atoms with E-state index in [1.807, 2.05) is 12.2 Å². The minimum absolute atomic E-state index is 1.14. The van der Waals surface area contributed by atoms with Crippen LogP contribution < -0.4 is 0 Å². The highest BCUT2D eigenvalue weighted by molar-refractivity contribution is 8.74. The summed E-state index contributed by atoms with van der Waals surface area (Å²) in [6.07, 6.45) is 21.1. The van der Waals surface area contributed by atoms with E-state index >= 15 is 0 Å². The van der Waals surface area contributed by atoms with Crippen LogP contribution in [0.2, 0.25) is 0 Å². The highest BCUT2D eigenvalue weighted by Crippen LogP contribution is 2.24. The molecule has 110 valence electrons. The predicted octanol–water partition coefficient (Wildman–Crippen LogP) is 6.22. The second-order valence-corrected chi connectivity index (χ2v) is 6.81. The van der Waals surface area contributed by atoms with Gasteiger partial charge in [-0.05, 0) is 25.3 Å². The van der Waals surface area contributed by atoms with Crippen molar-refractivity contribution in [1.29, 1.82) is 0 Å². The van der Waals surface area contributed by atoms with Crippen molar-refractivity contribution < 1.29 is 9.22 Å². The predicted molar refractivity (Wildman–Crippen MR) is 86.7 cm³/mol. The van der Waals surface area contributed by atoms with E-state index in [-0.39, 0.29) is 0 Å². The van der Waals surface area contributed by atoms with Crippen molar-refractivity contribution in [3.63, 3.8) is 0 Å². The van der Waals surface area contributed by atoms with Gasteiger partial charge in [0.2, 0.25) is 0 Å². The smallest absolute Gasteiger partial charge is 0.130 e. The van der Waals surface area contributed by atoms with Gasteiger partial charge in [0.05, 0.1) is 0 Å². The van der Waals surface area contributed by atoms with E-state index in [1.165, 1.54) is 68.9 Å². The summed E-state index contributed by atoms with van der Waals surface area (Å²) in [7, 11) is 1.72. The number of hydrogen-bond donors (Lipinski definition) is 0. The molecule has 0 aromatic heterocycles. The van der Waals surface area contributed by atoms with Crippen molar-refractivity contribution in [3.05, 3.63) is 24.5 Å². The zero-order valence-corrected chi connectivity index (χ0v) is 13.4. The minimum atomic E-state index is 1.14. The number of rotatable bonds is 0. The average molecular weight is 303 g/mol. The Bertz CT molecular complexity index is 218. The molecule has 0 radical (unpaired) electrons. The quantitative estimate of drug-likeness (QED) is 0.300. The lowest BCUT2D eigenvalue weighted by atomic mass is 10.1. The molecule has 0 saturated heterocycles. The number of allylic oxidation sites excluding steroid dienone is 3. The summed E-state index contributed by atoms with van der Waals surface area (Å²) in [5.74, 6) is 1.14. The van der Waals surface area contributed by atoms with E-state index < -0.39 is 0 Å². The summed E-state index contributed by atoms with van der Waals surface area (Å²) in [5, 5.41) is 0. The van der Waals surface area contributed by atoms with E-state index in [0.29, 0.717) is 0 Å². The normalized spacial score (nSPS) is 25.3. The summed E-state index contributed by atoms with van der Waals surface area (Å²) in [4.78, 5) is 4.91. The molecule has 0 spiro atoms. The molecule has 0 atom stereocenters. The first kappa shape index (κ1) is 17.0. The van der Waals surface area contributed by atoms with Gasteiger partial charge in [0.15, 0.2) is 0 Å². The van der Waals surface area contributed by atoms with Crippen LogP contribution in [0.25, 0.3) is 0 Å². The summed E-state index contributed by atoms with van der Waals surface area (Å²) < 4.78 is 4.96. The fraction of sp³-hybridized carbons (Fsp3) is 0.733. The molecular formula is C15H26O2S2. The Morgan fingerprint density at radius 3 is 2.21 bits per heavy atom. The maximum Gasteiger partial charge on any atom is 0.130 e. The van der Waals surface area contributed by atoms with E-state index in [0.717, 1.165) is 12.2 Å². The first-order valence-electron chi connectivity index (χ1n) is 7.43. The molecule has 0 amide bonds. The lowest BCUT2D eigenvalue weighted by molar-refractivity contribution is -0.127. The van der Waals surface area contributed by atoms with Gasteiger partial charge in [-0.1, -0.05) is 67.9 Å². The molecule has 19 heavy (non-hydrogen) atoms. The van der Waals surface area contributed by atoms with Crippen LogP contribution in [0, 0.1) is 0 Å². The van der Waals surface area contributed by atoms with Crippen molar-refractivity contribution >= 4 is 21.9 Å². The van der Waals surface area contributed by atoms with E-state index in [1.54, 1.807) is 17.1 Å². The third-order valence-corrected chi connectivity index (χ3v) is 4.74. The van der Waals surface area contributed by atoms with Gasteiger partial charge < -0.3 is 4.89 Å². The van der Waals surface area contributed by atoms with E-state index in [4.69, 9.17) is 9.22 Å². The van der Waals surface area contributed by atoms with Gasteiger partial charge in [0, 0.05) is 5.75 Å². The lowest BCUT2D eigenvalue weighted by Crippen LogP contribution is -1.83. The number of hydrogen-bond acceptors (Lipinski definition) is 4. The Balaban J connectivity index is 2.12. The van der Waals surface area contributed by atoms with E-state index in [2.05, 4.69) is 6.08 Å². The third-order valence-electron chi connectivity index (χ3n) is 3.09. The molecule has 0 unspecified atom stereocenters. The van der Waals surface area contributed by atoms with Crippen molar-refractivity contribution in [1.82, 2.24) is 0 Å². The molecular weight excluding hydrogens is 276 g/mol. The molecule has 0 bridgehead atoms. The lowest BCUT2D eigenvalue weighted by Gasteiger charge is -2.02. The molecule has 0 saturated carbocycles. The van der Waals surface area contributed by atoms with Crippen LogP contribution in [0.1, 0.15) is 64.2 Å². The van der Waals surface area contributed by atoms with Crippen molar-refractivity contribution in [2.45, 2.75) is 64.2 Å². The highest BCUT2D eigenvalue weighted by Gasteiger charge is 1.95. The molecule has 1 rings (SSSR count).